The summed E-state index contributed by atoms with van der Waals surface area (Å²) in [5.41, 5.74) is 0.835. The Hall–Kier alpha value is -0.970. The molecule has 3 rings (SSSR count). The first-order valence-electron chi connectivity index (χ1n) is 5.84. The van der Waals surface area contributed by atoms with Gasteiger partial charge in [-0.2, -0.15) is 0 Å². The highest BCUT2D eigenvalue weighted by atomic mass is 35.5. The number of hydrogen-bond acceptors (Lipinski definition) is 3. The number of rotatable bonds is 4. The zero-order valence-corrected chi connectivity index (χ0v) is 11.1. The summed E-state index contributed by atoms with van der Waals surface area (Å²) in [5.74, 6) is -0.309. The quantitative estimate of drug-likeness (QED) is 0.923. The molecule has 1 aromatic heterocycles. The van der Waals surface area contributed by atoms with Gasteiger partial charge in [0.1, 0.15) is 10.8 Å². The van der Waals surface area contributed by atoms with Crippen molar-refractivity contribution in [2.24, 2.45) is 0 Å². The lowest BCUT2D eigenvalue weighted by Crippen LogP contribution is -2.24. The Morgan fingerprint density at radius 3 is 2.83 bits per heavy atom. The van der Waals surface area contributed by atoms with Crippen LogP contribution in [0.5, 0.6) is 0 Å². The highest BCUT2D eigenvalue weighted by molar-refractivity contribution is 7.09. The van der Waals surface area contributed by atoms with Crippen LogP contribution in [-0.2, 0) is 0 Å². The van der Waals surface area contributed by atoms with Crippen molar-refractivity contribution in [1.82, 2.24) is 10.3 Å². The minimum atomic E-state index is -0.309. The Kier molecular flexibility index (Phi) is 3.33. The maximum atomic E-state index is 13.5. The molecule has 0 aliphatic heterocycles. The highest BCUT2D eigenvalue weighted by Crippen LogP contribution is 2.31. The largest absolute Gasteiger partial charge is 0.301 e. The predicted octanol–water partition coefficient (Wildman–Crippen LogP) is 3.78. The molecule has 1 unspecified atom stereocenters. The summed E-state index contributed by atoms with van der Waals surface area (Å²) >= 11 is 7.49. The molecule has 1 aromatic carbocycles. The maximum Gasteiger partial charge on any atom is 0.125 e. The predicted molar refractivity (Wildman–Crippen MR) is 71.5 cm³/mol. The average molecular weight is 283 g/mol. The zero-order chi connectivity index (χ0) is 12.5. The van der Waals surface area contributed by atoms with Crippen LogP contribution < -0.4 is 5.32 Å². The molecule has 18 heavy (non-hydrogen) atoms. The Morgan fingerprint density at radius 2 is 2.22 bits per heavy atom. The second-order valence-electron chi connectivity index (χ2n) is 4.45. The lowest BCUT2D eigenvalue weighted by molar-refractivity contribution is 0.584. The smallest absolute Gasteiger partial charge is 0.125 e. The van der Waals surface area contributed by atoms with Gasteiger partial charge in [-0.1, -0.05) is 11.6 Å². The molecule has 1 atom stereocenters. The standard InChI is InChI=1S/C13H12ClFN2S/c14-9-5-8(6-10(15)7-9)12(17-11-1-2-11)13-16-3-4-18-13/h3-7,11-12,17H,1-2H2. The molecule has 1 aliphatic carbocycles. The highest BCUT2D eigenvalue weighted by Gasteiger charge is 2.27. The van der Waals surface area contributed by atoms with E-state index in [1.54, 1.807) is 23.6 Å². The van der Waals surface area contributed by atoms with E-state index in [0.29, 0.717) is 11.1 Å². The molecule has 0 radical (unpaired) electrons. The van der Waals surface area contributed by atoms with E-state index >= 15 is 0 Å². The maximum absolute atomic E-state index is 13.5. The van der Waals surface area contributed by atoms with Crippen molar-refractivity contribution in [2.45, 2.75) is 24.9 Å². The van der Waals surface area contributed by atoms with Crippen LogP contribution in [0.3, 0.4) is 0 Å². The van der Waals surface area contributed by atoms with Crippen LogP contribution in [0.2, 0.25) is 5.02 Å². The molecular formula is C13H12ClFN2S. The average Bonchev–Trinajstić information content (AvgIpc) is 2.97. The Balaban J connectivity index is 1.96. The Labute approximate surface area is 114 Å². The van der Waals surface area contributed by atoms with E-state index in [1.807, 2.05) is 5.38 Å². The van der Waals surface area contributed by atoms with Crippen molar-refractivity contribution in [3.8, 4) is 0 Å². The fraction of sp³-hybridized carbons (Fsp3) is 0.308. The van der Waals surface area contributed by atoms with Gasteiger partial charge in [0.15, 0.2) is 0 Å². The number of benzene rings is 1. The summed E-state index contributed by atoms with van der Waals surface area (Å²) < 4.78 is 13.5. The normalized spacial score (nSPS) is 16.8. The molecule has 1 heterocycles. The first-order valence-corrected chi connectivity index (χ1v) is 7.09. The van der Waals surface area contributed by atoms with Gasteiger partial charge < -0.3 is 5.32 Å². The van der Waals surface area contributed by atoms with Crippen molar-refractivity contribution in [3.05, 3.63) is 51.2 Å². The second kappa shape index (κ2) is 4.96. The van der Waals surface area contributed by atoms with Crippen LogP contribution in [0.1, 0.15) is 29.5 Å². The van der Waals surface area contributed by atoms with Gasteiger partial charge in [0.25, 0.3) is 0 Å². The summed E-state index contributed by atoms with van der Waals surface area (Å²) in [5, 5.41) is 6.78. The Bertz CT molecular complexity index is 520. The molecule has 0 bridgehead atoms. The molecule has 94 valence electrons. The molecule has 2 nitrogen and oxygen atoms in total. The van der Waals surface area contributed by atoms with Crippen molar-refractivity contribution < 1.29 is 4.39 Å². The van der Waals surface area contributed by atoms with E-state index in [9.17, 15) is 4.39 Å². The number of aromatic nitrogens is 1. The summed E-state index contributed by atoms with van der Waals surface area (Å²) in [4.78, 5) is 4.32. The van der Waals surface area contributed by atoms with Gasteiger partial charge in [0.05, 0.1) is 6.04 Å². The minimum Gasteiger partial charge on any atom is -0.301 e. The molecule has 2 aromatic rings. The van der Waals surface area contributed by atoms with Gasteiger partial charge in [0.2, 0.25) is 0 Å². The third kappa shape index (κ3) is 2.71. The van der Waals surface area contributed by atoms with Gasteiger partial charge in [-0.25, -0.2) is 9.37 Å². The number of nitrogens with zero attached hydrogens (tertiary/aromatic N) is 1. The first-order chi connectivity index (χ1) is 8.72. The van der Waals surface area contributed by atoms with E-state index < -0.39 is 0 Å². The fourth-order valence-corrected chi connectivity index (χ4v) is 2.87. The van der Waals surface area contributed by atoms with E-state index in [1.165, 1.54) is 25.0 Å². The molecule has 0 amide bonds. The van der Waals surface area contributed by atoms with Gasteiger partial charge in [-0.15, -0.1) is 11.3 Å². The van der Waals surface area contributed by atoms with Crippen molar-refractivity contribution in [2.75, 3.05) is 0 Å². The van der Waals surface area contributed by atoms with Gasteiger partial charge >= 0.3 is 0 Å². The van der Waals surface area contributed by atoms with Crippen LogP contribution in [0.4, 0.5) is 4.39 Å². The van der Waals surface area contributed by atoms with Crippen molar-refractivity contribution >= 4 is 22.9 Å². The van der Waals surface area contributed by atoms with Crippen LogP contribution in [0.25, 0.3) is 0 Å². The Morgan fingerprint density at radius 1 is 1.39 bits per heavy atom. The lowest BCUT2D eigenvalue weighted by Gasteiger charge is -2.17. The monoisotopic (exact) mass is 282 g/mol. The van der Waals surface area contributed by atoms with Gasteiger partial charge in [0, 0.05) is 22.6 Å². The van der Waals surface area contributed by atoms with Gasteiger partial charge in [-0.3, -0.25) is 0 Å². The number of hydrogen-bond donors (Lipinski definition) is 1. The molecule has 5 heteroatoms. The summed E-state index contributed by atoms with van der Waals surface area (Å²) in [6.07, 6.45) is 4.11. The number of thiazole rings is 1. The van der Waals surface area contributed by atoms with Gasteiger partial charge in [-0.05, 0) is 36.6 Å². The van der Waals surface area contributed by atoms with Crippen molar-refractivity contribution in [3.63, 3.8) is 0 Å². The SMILES string of the molecule is Fc1cc(Cl)cc(C(NC2CC2)c2nccs2)c1. The minimum absolute atomic E-state index is 0.0642. The van der Waals surface area contributed by atoms with Crippen LogP contribution in [-0.4, -0.2) is 11.0 Å². The third-order valence-corrected chi connectivity index (χ3v) is 3.95. The van der Waals surface area contributed by atoms with Crippen LogP contribution >= 0.6 is 22.9 Å². The lowest BCUT2D eigenvalue weighted by atomic mass is 10.1. The van der Waals surface area contributed by atoms with Crippen molar-refractivity contribution in [1.29, 1.82) is 0 Å². The van der Waals surface area contributed by atoms with Crippen LogP contribution in [0.15, 0.2) is 29.8 Å². The fourth-order valence-electron chi connectivity index (χ4n) is 1.91. The number of halogens is 2. The third-order valence-electron chi connectivity index (χ3n) is 2.90. The zero-order valence-electron chi connectivity index (χ0n) is 9.57. The molecule has 1 aliphatic rings. The molecular weight excluding hydrogens is 271 g/mol. The topological polar surface area (TPSA) is 24.9 Å². The summed E-state index contributed by atoms with van der Waals surface area (Å²) in [7, 11) is 0. The van der Waals surface area contributed by atoms with E-state index in [2.05, 4.69) is 10.3 Å². The second-order valence-corrected chi connectivity index (χ2v) is 5.81. The molecule has 1 N–H and O–H groups in total. The summed E-state index contributed by atoms with van der Waals surface area (Å²) in [6, 6.07) is 5.09. The molecule has 1 fully saturated rings. The first kappa shape index (κ1) is 12.1. The molecule has 0 spiro atoms. The molecule has 0 saturated heterocycles. The molecule has 1 saturated carbocycles. The van der Waals surface area contributed by atoms with E-state index in [0.717, 1.165) is 10.6 Å². The van der Waals surface area contributed by atoms with Crippen LogP contribution in [0, 0.1) is 5.82 Å². The van der Waals surface area contributed by atoms with E-state index in [4.69, 9.17) is 11.6 Å². The summed E-state index contributed by atoms with van der Waals surface area (Å²) in [6.45, 7) is 0. The van der Waals surface area contributed by atoms with E-state index in [-0.39, 0.29) is 11.9 Å². The number of nitrogens with one attached hydrogen (secondary N) is 1.